The van der Waals surface area contributed by atoms with E-state index in [9.17, 15) is 8.78 Å². The number of aliphatic hydroxyl groups is 1. The summed E-state index contributed by atoms with van der Waals surface area (Å²) in [5, 5.41) is 8.86. The molecule has 1 aliphatic heterocycles. The lowest BCUT2D eigenvalue weighted by Crippen LogP contribution is -2.21. The summed E-state index contributed by atoms with van der Waals surface area (Å²) in [5.74, 6) is -1.97. The number of hydrogen-bond acceptors (Lipinski definition) is 5. The Bertz CT molecular complexity index is 413. The lowest BCUT2D eigenvalue weighted by atomic mass is 10.1. The van der Waals surface area contributed by atoms with Gasteiger partial charge >= 0.3 is 0 Å². The lowest BCUT2D eigenvalue weighted by Gasteiger charge is -2.05. The Morgan fingerprint density at radius 2 is 2.00 bits per heavy atom. The molecule has 1 unspecified atom stereocenters. The molecular formula is C8H7F2N3O2. The van der Waals surface area contributed by atoms with Gasteiger partial charge in [0.1, 0.15) is 11.6 Å². The minimum Gasteiger partial charge on any atom is -0.399 e. The van der Waals surface area contributed by atoms with Crippen molar-refractivity contribution in [3.63, 3.8) is 0 Å². The average molecular weight is 215 g/mol. The summed E-state index contributed by atoms with van der Waals surface area (Å²) in [5.41, 5.74) is 6.89. The molecule has 1 atom stereocenters. The molecule has 0 saturated heterocycles. The number of amidine groups is 1. The van der Waals surface area contributed by atoms with Crippen molar-refractivity contribution in [2.24, 2.45) is 4.99 Å². The third-order valence-corrected chi connectivity index (χ3v) is 1.80. The molecule has 4 N–H and O–H groups in total. The van der Waals surface area contributed by atoms with Gasteiger partial charge in [-0.25, -0.2) is 24.1 Å². The average Bonchev–Trinajstić information content (AvgIpc) is 2.49. The van der Waals surface area contributed by atoms with Crippen LogP contribution in [0.4, 0.5) is 14.5 Å². The van der Waals surface area contributed by atoms with Gasteiger partial charge in [0.05, 0.1) is 5.56 Å². The molecule has 0 aliphatic carbocycles. The summed E-state index contributed by atoms with van der Waals surface area (Å²) in [6, 6.07) is 1.90. The molecule has 0 amide bonds. The Balaban J connectivity index is 2.49. The first-order valence-electron chi connectivity index (χ1n) is 4.00. The topological polar surface area (TPSA) is 79.9 Å². The van der Waals surface area contributed by atoms with Gasteiger partial charge in [-0.15, -0.1) is 0 Å². The van der Waals surface area contributed by atoms with Crippen LogP contribution >= 0.6 is 0 Å². The van der Waals surface area contributed by atoms with Crippen molar-refractivity contribution in [2.45, 2.75) is 6.41 Å². The fraction of sp³-hybridized carbons (Fsp3) is 0.125. The van der Waals surface area contributed by atoms with Gasteiger partial charge in [0.2, 0.25) is 0 Å². The van der Waals surface area contributed by atoms with Crippen LogP contribution < -0.4 is 11.2 Å². The highest BCUT2D eigenvalue weighted by molar-refractivity contribution is 5.99. The second kappa shape index (κ2) is 3.44. The minimum absolute atomic E-state index is 0.0335. The maximum absolute atomic E-state index is 13.3. The molecule has 7 heteroatoms. The van der Waals surface area contributed by atoms with Gasteiger partial charge in [0, 0.05) is 5.69 Å². The summed E-state index contributed by atoms with van der Waals surface area (Å²) in [6.07, 6.45) is -1.46. The molecule has 0 radical (unpaired) electrons. The van der Waals surface area contributed by atoms with E-state index in [2.05, 4.69) is 15.3 Å². The predicted octanol–water partition coefficient (Wildman–Crippen LogP) is 0.104. The molecular weight excluding hydrogens is 208 g/mol. The van der Waals surface area contributed by atoms with Gasteiger partial charge in [-0.1, -0.05) is 0 Å². The number of benzene rings is 1. The SMILES string of the molecule is Nc1cc(F)c(C2=NC(O)ON2)c(F)c1. The molecule has 0 spiro atoms. The van der Waals surface area contributed by atoms with E-state index in [0.717, 1.165) is 12.1 Å². The van der Waals surface area contributed by atoms with Crippen molar-refractivity contribution in [3.05, 3.63) is 29.3 Å². The molecule has 1 heterocycles. The summed E-state index contributed by atoms with van der Waals surface area (Å²) in [6.45, 7) is 0. The van der Waals surface area contributed by atoms with Crippen molar-refractivity contribution in [1.29, 1.82) is 0 Å². The van der Waals surface area contributed by atoms with Crippen LogP contribution in [-0.2, 0) is 4.84 Å². The number of rotatable bonds is 1. The number of anilines is 1. The quantitative estimate of drug-likeness (QED) is 0.580. The van der Waals surface area contributed by atoms with Crippen LogP contribution in [0.2, 0.25) is 0 Å². The normalized spacial score (nSPS) is 19.9. The standard InChI is InChI=1S/C8H7F2N3O2/c9-4-1-3(11)2-5(10)6(4)7-12-8(14)15-13-7/h1-2,8,14H,11H2,(H,12,13). The first kappa shape index (κ1) is 9.81. The highest BCUT2D eigenvalue weighted by Gasteiger charge is 2.22. The Kier molecular flexibility index (Phi) is 2.25. The Labute approximate surface area is 83.1 Å². The van der Waals surface area contributed by atoms with E-state index in [1.165, 1.54) is 0 Å². The zero-order chi connectivity index (χ0) is 11.0. The van der Waals surface area contributed by atoms with Gasteiger partial charge in [0.25, 0.3) is 6.41 Å². The first-order valence-corrected chi connectivity index (χ1v) is 4.00. The molecule has 0 aromatic heterocycles. The minimum atomic E-state index is -1.46. The fourth-order valence-electron chi connectivity index (χ4n) is 1.21. The van der Waals surface area contributed by atoms with E-state index in [1.807, 2.05) is 0 Å². The number of aliphatic hydroxyl groups excluding tert-OH is 1. The highest BCUT2D eigenvalue weighted by Crippen LogP contribution is 2.18. The third-order valence-electron chi connectivity index (χ3n) is 1.80. The molecule has 5 nitrogen and oxygen atoms in total. The maximum atomic E-state index is 13.3. The van der Waals surface area contributed by atoms with Gasteiger partial charge in [-0.05, 0) is 12.1 Å². The van der Waals surface area contributed by atoms with Gasteiger partial charge in [-0.3, -0.25) is 0 Å². The largest absolute Gasteiger partial charge is 0.399 e. The van der Waals surface area contributed by atoms with Crippen LogP contribution in [0.3, 0.4) is 0 Å². The number of aliphatic imine (C=N–C) groups is 1. The summed E-state index contributed by atoms with van der Waals surface area (Å²) < 4.78 is 26.6. The molecule has 80 valence electrons. The van der Waals surface area contributed by atoms with E-state index in [1.54, 1.807) is 0 Å². The van der Waals surface area contributed by atoms with Crippen LogP contribution in [-0.4, -0.2) is 17.4 Å². The molecule has 0 bridgehead atoms. The number of nitrogens with zero attached hydrogens (tertiary/aromatic N) is 1. The maximum Gasteiger partial charge on any atom is 0.280 e. The van der Waals surface area contributed by atoms with Gasteiger partial charge < -0.3 is 10.8 Å². The van der Waals surface area contributed by atoms with Gasteiger partial charge in [0.15, 0.2) is 5.84 Å². The van der Waals surface area contributed by atoms with Crippen LogP contribution in [0.5, 0.6) is 0 Å². The number of hydrogen-bond donors (Lipinski definition) is 3. The van der Waals surface area contributed by atoms with Crippen molar-refractivity contribution < 1.29 is 18.7 Å². The van der Waals surface area contributed by atoms with E-state index >= 15 is 0 Å². The van der Waals surface area contributed by atoms with E-state index in [-0.39, 0.29) is 11.5 Å². The summed E-state index contributed by atoms with van der Waals surface area (Å²) >= 11 is 0. The summed E-state index contributed by atoms with van der Waals surface area (Å²) in [4.78, 5) is 7.83. The fourth-order valence-corrected chi connectivity index (χ4v) is 1.21. The first-order chi connectivity index (χ1) is 7.08. The van der Waals surface area contributed by atoms with Crippen molar-refractivity contribution >= 4 is 11.5 Å². The van der Waals surface area contributed by atoms with Crippen molar-refractivity contribution in [3.8, 4) is 0 Å². The Morgan fingerprint density at radius 3 is 2.47 bits per heavy atom. The molecule has 1 aromatic carbocycles. The van der Waals surface area contributed by atoms with Crippen LogP contribution in [0, 0.1) is 11.6 Å². The van der Waals surface area contributed by atoms with E-state index < -0.39 is 23.6 Å². The monoisotopic (exact) mass is 215 g/mol. The molecule has 1 aliphatic rings. The van der Waals surface area contributed by atoms with Crippen LogP contribution in [0.15, 0.2) is 17.1 Å². The second-order valence-corrected chi connectivity index (χ2v) is 2.88. The number of nitrogens with one attached hydrogen (secondary N) is 1. The molecule has 15 heavy (non-hydrogen) atoms. The summed E-state index contributed by atoms with van der Waals surface area (Å²) in [7, 11) is 0. The second-order valence-electron chi connectivity index (χ2n) is 2.88. The molecule has 2 rings (SSSR count). The van der Waals surface area contributed by atoms with Crippen molar-refractivity contribution in [1.82, 2.24) is 5.48 Å². The number of nitrogen functional groups attached to an aromatic ring is 1. The Morgan fingerprint density at radius 1 is 1.40 bits per heavy atom. The number of halogens is 2. The van der Waals surface area contributed by atoms with E-state index in [4.69, 9.17) is 10.8 Å². The number of nitrogens with two attached hydrogens (primary N) is 1. The van der Waals surface area contributed by atoms with Crippen LogP contribution in [0.1, 0.15) is 5.56 Å². The highest BCUT2D eigenvalue weighted by atomic mass is 19.1. The van der Waals surface area contributed by atoms with Crippen LogP contribution in [0.25, 0.3) is 0 Å². The Hall–Kier alpha value is -1.73. The molecule has 1 aromatic rings. The van der Waals surface area contributed by atoms with Gasteiger partial charge in [-0.2, -0.15) is 0 Å². The van der Waals surface area contributed by atoms with E-state index in [0.29, 0.717) is 0 Å². The third kappa shape index (κ3) is 1.74. The smallest absolute Gasteiger partial charge is 0.280 e. The predicted molar refractivity (Wildman–Crippen MR) is 47.5 cm³/mol. The zero-order valence-electron chi connectivity index (χ0n) is 7.37. The molecule has 0 saturated carbocycles. The zero-order valence-corrected chi connectivity index (χ0v) is 7.37. The lowest BCUT2D eigenvalue weighted by molar-refractivity contribution is -0.102. The molecule has 0 fully saturated rings. The van der Waals surface area contributed by atoms with Crippen molar-refractivity contribution in [2.75, 3.05) is 5.73 Å². The number of hydroxylamine groups is 1.